The molecule has 118 valence electrons. The molecule has 0 radical (unpaired) electrons. The van der Waals surface area contributed by atoms with Gasteiger partial charge in [0.1, 0.15) is 6.04 Å². The van der Waals surface area contributed by atoms with E-state index >= 15 is 0 Å². The summed E-state index contributed by atoms with van der Waals surface area (Å²) in [5, 5.41) is 10.9. The summed E-state index contributed by atoms with van der Waals surface area (Å²) >= 11 is 0. The molecule has 3 N–H and O–H groups in total. The van der Waals surface area contributed by atoms with Gasteiger partial charge >= 0.3 is 6.18 Å². The number of nitrogens with two attached hydrogens (primary N) is 1. The van der Waals surface area contributed by atoms with E-state index in [9.17, 15) is 22.8 Å². The van der Waals surface area contributed by atoms with E-state index in [4.69, 9.17) is 11.0 Å². The van der Waals surface area contributed by atoms with Gasteiger partial charge in [0.15, 0.2) is 0 Å². The normalized spacial score (nSPS) is 13.8. The maximum absolute atomic E-state index is 12.6. The Morgan fingerprint density at radius 3 is 2.55 bits per heavy atom. The summed E-state index contributed by atoms with van der Waals surface area (Å²) in [7, 11) is 0. The number of halogens is 3. The fraction of sp³-hybridized carbons (Fsp3) is 0.357. The largest absolute Gasteiger partial charge is 0.416 e. The third kappa shape index (κ3) is 4.77. The Labute approximate surface area is 124 Å². The molecule has 0 saturated heterocycles. The number of benzene rings is 1. The van der Waals surface area contributed by atoms with Crippen LogP contribution in [-0.4, -0.2) is 17.9 Å². The van der Waals surface area contributed by atoms with E-state index in [1.807, 2.05) is 6.07 Å². The van der Waals surface area contributed by atoms with E-state index in [1.54, 1.807) is 0 Å². The second-order valence-corrected chi connectivity index (χ2v) is 4.77. The fourth-order valence-electron chi connectivity index (χ4n) is 1.73. The van der Waals surface area contributed by atoms with Crippen LogP contribution >= 0.6 is 0 Å². The number of carbonyl (C=O) groups is 2. The van der Waals surface area contributed by atoms with Crippen molar-refractivity contribution in [3.8, 4) is 6.07 Å². The molecule has 0 unspecified atom stereocenters. The van der Waals surface area contributed by atoms with E-state index in [0.717, 1.165) is 12.1 Å². The molecular weight excluding hydrogens is 299 g/mol. The molecule has 0 fully saturated rings. The molecule has 0 aliphatic carbocycles. The maximum Gasteiger partial charge on any atom is 0.416 e. The van der Waals surface area contributed by atoms with Crippen molar-refractivity contribution in [2.45, 2.75) is 25.6 Å². The van der Waals surface area contributed by atoms with Gasteiger partial charge < -0.3 is 11.1 Å². The predicted molar refractivity (Wildman–Crippen MR) is 71.3 cm³/mol. The van der Waals surface area contributed by atoms with E-state index in [1.165, 1.54) is 13.0 Å². The van der Waals surface area contributed by atoms with Crippen LogP contribution in [0.25, 0.3) is 0 Å². The van der Waals surface area contributed by atoms with Crippen molar-refractivity contribution in [1.29, 1.82) is 5.26 Å². The molecule has 0 spiro atoms. The molecule has 0 saturated carbocycles. The number of amides is 2. The second-order valence-electron chi connectivity index (χ2n) is 4.77. The first kappa shape index (κ1) is 17.5. The lowest BCUT2D eigenvalue weighted by molar-refractivity contribution is -0.137. The molecule has 8 heteroatoms. The third-order valence-corrected chi connectivity index (χ3v) is 2.91. The fourth-order valence-corrected chi connectivity index (χ4v) is 1.73. The number of carbonyl (C=O) groups excluding carboxylic acids is 2. The van der Waals surface area contributed by atoms with Crippen LogP contribution in [0.4, 0.5) is 13.2 Å². The average Bonchev–Trinajstić information content (AvgIpc) is 2.45. The van der Waals surface area contributed by atoms with Crippen LogP contribution in [0.15, 0.2) is 24.3 Å². The van der Waals surface area contributed by atoms with Crippen molar-refractivity contribution in [3.05, 3.63) is 35.4 Å². The topological polar surface area (TPSA) is 96.0 Å². The first-order valence-corrected chi connectivity index (χ1v) is 6.32. The van der Waals surface area contributed by atoms with E-state index in [0.29, 0.717) is 6.07 Å². The van der Waals surface area contributed by atoms with Crippen molar-refractivity contribution in [1.82, 2.24) is 5.32 Å². The summed E-state index contributed by atoms with van der Waals surface area (Å²) in [5.41, 5.74) is 3.91. The minimum absolute atomic E-state index is 0.0173. The molecule has 1 aromatic rings. The molecule has 0 aliphatic rings. The summed E-state index contributed by atoms with van der Waals surface area (Å²) in [5.74, 6) is -2.26. The van der Waals surface area contributed by atoms with Gasteiger partial charge in [-0.2, -0.15) is 18.4 Å². The zero-order chi connectivity index (χ0) is 16.9. The van der Waals surface area contributed by atoms with Crippen LogP contribution in [0.5, 0.6) is 0 Å². The Morgan fingerprint density at radius 1 is 1.41 bits per heavy atom. The zero-order valence-corrected chi connectivity index (χ0v) is 11.6. The van der Waals surface area contributed by atoms with Crippen molar-refractivity contribution >= 4 is 11.8 Å². The molecule has 0 heterocycles. The highest BCUT2D eigenvalue weighted by Crippen LogP contribution is 2.29. The first-order valence-electron chi connectivity index (χ1n) is 6.32. The maximum atomic E-state index is 12.6. The Kier molecular flexibility index (Phi) is 5.51. The van der Waals surface area contributed by atoms with Crippen molar-refractivity contribution < 1.29 is 22.8 Å². The Balaban J connectivity index is 2.91. The van der Waals surface area contributed by atoms with E-state index in [-0.39, 0.29) is 12.0 Å². The number of nitriles is 1. The highest BCUT2D eigenvalue weighted by atomic mass is 19.4. The number of nitrogens with zero attached hydrogens (tertiary/aromatic N) is 1. The summed E-state index contributed by atoms with van der Waals surface area (Å²) in [6.07, 6.45) is -4.59. The molecule has 22 heavy (non-hydrogen) atoms. The standard InChI is InChI=1S/C14H14F3N3O2/c1-8(7-18)5-11(12(19)21)20-13(22)9-3-2-4-10(6-9)14(15,16)17/h2-4,6,8,11H,5H2,1H3,(H2,19,21)(H,20,22)/t8-,11+/m1/s1. The van der Waals surface area contributed by atoms with Gasteiger partial charge in [0.25, 0.3) is 5.91 Å². The highest BCUT2D eigenvalue weighted by Gasteiger charge is 2.31. The van der Waals surface area contributed by atoms with Crippen LogP contribution in [0.1, 0.15) is 29.3 Å². The minimum Gasteiger partial charge on any atom is -0.368 e. The second kappa shape index (κ2) is 6.93. The lowest BCUT2D eigenvalue weighted by atomic mass is 10.0. The molecule has 0 aliphatic heterocycles. The summed E-state index contributed by atoms with van der Waals surface area (Å²) < 4.78 is 37.8. The van der Waals surface area contributed by atoms with Crippen LogP contribution < -0.4 is 11.1 Å². The summed E-state index contributed by atoms with van der Waals surface area (Å²) in [4.78, 5) is 23.2. The first-order chi connectivity index (χ1) is 10.1. The smallest absolute Gasteiger partial charge is 0.368 e. The van der Waals surface area contributed by atoms with Gasteiger partial charge in [-0.05, 0) is 31.5 Å². The quantitative estimate of drug-likeness (QED) is 0.868. The molecular formula is C14H14F3N3O2. The molecule has 2 atom stereocenters. The Bertz CT molecular complexity index is 608. The van der Waals surface area contributed by atoms with Crippen molar-refractivity contribution in [3.63, 3.8) is 0 Å². The third-order valence-electron chi connectivity index (χ3n) is 2.91. The van der Waals surface area contributed by atoms with Gasteiger partial charge in [0.2, 0.25) is 5.91 Å². The van der Waals surface area contributed by atoms with Gasteiger partial charge in [-0.1, -0.05) is 6.07 Å². The van der Waals surface area contributed by atoms with Crippen LogP contribution in [-0.2, 0) is 11.0 Å². The zero-order valence-electron chi connectivity index (χ0n) is 11.6. The molecule has 2 amide bonds. The number of alkyl halides is 3. The Hall–Kier alpha value is -2.56. The van der Waals surface area contributed by atoms with Crippen LogP contribution in [0, 0.1) is 17.2 Å². The summed E-state index contributed by atoms with van der Waals surface area (Å²) in [6.45, 7) is 1.53. The predicted octanol–water partition coefficient (Wildman–Crippen LogP) is 1.84. The number of rotatable bonds is 5. The van der Waals surface area contributed by atoms with Crippen LogP contribution in [0.3, 0.4) is 0 Å². The van der Waals surface area contributed by atoms with Gasteiger partial charge in [-0.3, -0.25) is 9.59 Å². The average molecular weight is 313 g/mol. The van der Waals surface area contributed by atoms with Crippen molar-refractivity contribution in [2.24, 2.45) is 11.7 Å². The number of primary amides is 1. The van der Waals surface area contributed by atoms with Crippen LogP contribution in [0.2, 0.25) is 0 Å². The molecule has 0 aromatic heterocycles. The molecule has 5 nitrogen and oxygen atoms in total. The molecule has 1 rings (SSSR count). The lowest BCUT2D eigenvalue weighted by Gasteiger charge is -2.17. The molecule has 0 bridgehead atoms. The van der Waals surface area contributed by atoms with E-state index in [2.05, 4.69) is 5.32 Å². The monoisotopic (exact) mass is 313 g/mol. The van der Waals surface area contributed by atoms with Gasteiger partial charge in [0, 0.05) is 11.5 Å². The Morgan fingerprint density at radius 2 is 2.05 bits per heavy atom. The molecule has 1 aromatic carbocycles. The van der Waals surface area contributed by atoms with Gasteiger partial charge in [-0.25, -0.2) is 0 Å². The number of nitrogens with one attached hydrogen (secondary N) is 1. The van der Waals surface area contributed by atoms with Crippen molar-refractivity contribution in [2.75, 3.05) is 0 Å². The lowest BCUT2D eigenvalue weighted by Crippen LogP contribution is -2.45. The SMILES string of the molecule is C[C@@H](C#N)C[C@H](NC(=O)c1cccc(C(F)(F)F)c1)C(N)=O. The highest BCUT2D eigenvalue weighted by molar-refractivity contribution is 5.97. The minimum atomic E-state index is -4.57. The van der Waals surface area contributed by atoms with Gasteiger partial charge in [-0.15, -0.1) is 0 Å². The number of hydrogen-bond donors (Lipinski definition) is 2. The summed E-state index contributed by atoms with van der Waals surface area (Å²) in [6, 6.07) is 4.55. The number of hydrogen-bond acceptors (Lipinski definition) is 3. The van der Waals surface area contributed by atoms with Gasteiger partial charge in [0.05, 0.1) is 11.6 Å². The van der Waals surface area contributed by atoms with E-state index < -0.39 is 35.5 Å².